The number of hydrogen-bond acceptors (Lipinski definition) is 2. The van der Waals surface area contributed by atoms with Crippen molar-refractivity contribution in [3.63, 3.8) is 0 Å². The van der Waals surface area contributed by atoms with Crippen molar-refractivity contribution in [2.75, 3.05) is 13.1 Å². The van der Waals surface area contributed by atoms with E-state index in [4.69, 9.17) is 0 Å². The van der Waals surface area contributed by atoms with E-state index in [1.54, 1.807) is 0 Å². The first-order chi connectivity index (χ1) is 9.19. The van der Waals surface area contributed by atoms with Crippen LogP contribution in [-0.2, 0) is 12.0 Å². The van der Waals surface area contributed by atoms with Gasteiger partial charge >= 0.3 is 0 Å². The van der Waals surface area contributed by atoms with Gasteiger partial charge in [-0.2, -0.15) is 0 Å². The fourth-order valence-electron chi connectivity index (χ4n) is 2.80. The maximum atomic E-state index is 4.36. The second-order valence-corrected chi connectivity index (χ2v) is 6.34. The molecule has 0 spiro atoms. The summed E-state index contributed by atoms with van der Waals surface area (Å²) in [7, 11) is 0. The van der Waals surface area contributed by atoms with Gasteiger partial charge in [0.25, 0.3) is 0 Å². The lowest BCUT2D eigenvalue weighted by Gasteiger charge is -2.24. The van der Waals surface area contributed by atoms with Crippen molar-refractivity contribution in [2.45, 2.75) is 25.3 Å². The van der Waals surface area contributed by atoms with E-state index in [9.17, 15) is 0 Å². The number of nitrogens with one attached hydrogen (secondary N) is 1. The van der Waals surface area contributed by atoms with Crippen LogP contribution < -0.4 is 5.32 Å². The highest BCUT2D eigenvalue weighted by Crippen LogP contribution is 2.30. The predicted octanol–water partition coefficient (Wildman–Crippen LogP) is 2.94. The van der Waals surface area contributed by atoms with Gasteiger partial charge in [0.2, 0.25) is 0 Å². The number of benzene rings is 1. The molecule has 0 saturated carbocycles. The SMILES string of the molecule is CC1(c2cncn2Cc2ccccc2Br)CCNC1. The Labute approximate surface area is 122 Å². The molecule has 1 atom stereocenters. The zero-order chi connectivity index (χ0) is 13.3. The van der Waals surface area contributed by atoms with Crippen LogP contribution in [0, 0.1) is 0 Å². The molecule has 1 fully saturated rings. The second kappa shape index (κ2) is 5.10. The molecule has 1 aromatic carbocycles. The first kappa shape index (κ1) is 12.9. The van der Waals surface area contributed by atoms with Gasteiger partial charge < -0.3 is 9.88 Å². The van der Waals surface area contributed by atoms with E-state index in [-0.39, 0.29) is 5.41 Å². The summed E-state index contributed by atoms with van der Waals surface area (Å²) in [5.41, 5.74) is 2.82. The third kappa shape index (κ3) is 2.47. The van der Waals surface area contributed by atoms with E-state index < -0.39 is 0 Å². The van der Waals surface area contributed by atoms with Crippen molar-refractivity contribution >= 4 is 15.9 Å². The van der Waals surface area contributed by atoms with Gasteiger partial charge in [-0.3, -0.25) is 0 Å². The lowest BCUT2D eigenvalue weighted by molar-refractivity contribution is 0.481. The molecule has 4 heteroatoms. The topological polar surface area (TPSA) is 29.9 Å². The van der Waals surface area contributed by atoms with E-state index >= 15 is 0 Å². The molecule has 1 aromatic heterocycles. The Morgan fingerprint density at radius 1 is 1.42 bits per heavy atom. The number of hydrogen-bond donors (Lipinski definition) is 1. The van der Waals surface area contributed by atoms with Crippen LogP contribution in [0.15, 0.2) is 41.3 Å². The van der Waals surface area contributed by atoms with Crippen LogP contribution in [0.5, 0.6) is 0 Å². The average Bonchev–Trinajstić information content (AvgIpc) is 3.02. The molecule has 0 aliphatic carbocycles. The number of aromatic nitrogens is 2. The highest BCUT2D eigenvalue weighted by Gasteiger charge is 2.33. The average molecular weight is 320 g/mol. The van der Waals surface area contributed by atoms with Crippen LogP contribution in [0.2, 0.25) is 0 Å². The summed E-state index contributed by atoms with van der Waals surface area (Å²) in [6.45, 7) is 5.32. The molecule has 2 aromatic rings. The molecule has 100 valence electrons. The van der Waals surface area contributed by atoms with Crippen molar-refractivity contribution in [2.24, 2.45) is 0 Å². The Balaban J connectivity index is 1.91. The van der Waals surface area contributed by atoms with Crippen LogP contribution in [-0.4, -0.2) is 22.6 Å². The van der Waals surface area contributed by atoms with Crippen molar-refractivity contribution in [3.05, 3.63) is 52.5 Å². The summed E-state index contributed by atoms with van der Waals surface area (Å²) < 4.78 is 3.43. The smallest absolute Gasteiger partial charge is 0.0951 e. The third-order valence-corrected chi connectivity index (χ3v) is 4.77. The van der Waals surface area contributed by atoms with Gasteiger partial charge in [0.15, 0.2) is 0 Å². The molecule has 3 rings (SSSR count). The Morgan fingerprint density at radius 3 is 3.00 bits per heavy atom. The standard InChI is InChI=1S/C15H18BrN3/c1-15(6-7-17-10-15)14-8-18-11-19(14)9-12-4-2-3-5-13(12)16/h2-5,8,11,17H,6-7,9-10H2,1H3. The second-order valence-electron chi connectivity index (χ2n) is 5.49. The van der Waals surface area contributed by atoms with Crippen LogP contribution >= 0.6 is 15.9 Å². The lowest BCUT2D eigenvalue weighted by Crippen LogP contribution is -2.28. The van der Waals surface area contributed by atoms with Crippen molar-refractivity contribution < 1.29 is 0 Å². The molecule has 1 N–H and O–H groups in total. The van der Waals surface area contributed by atoms with Crippen molar-refractivity contribution in [1.82, 2.24) is 14.9 Å². The molecule has 0 amide bonds. The van der Waals surface area contributed by atoms with E-state index in [0.29, 0.717) is 0 Å². The predicted molar refractivity (Wildman–Crippen MR) is 80.3 cm³/mol. The van der Waals surface area contributed by atoms with Gasteiger partial charge in [-0.15, -0.1) is 0 Å². The van der Waals surface area contributed by atoms with Gasteiger partial charge in [0.05, 0.1) is 6.33 Å². The minimum Gasteiger partial charge on any atom is -0.330 e. The Hall–Kier alpha value is -1.13. The molecule has 19 heavy (non-hydrogen) atoms. The molecule has 1 unspecified atom stereocenters. The molecular formula is C15H18BrN3. The van der Waals surface area contributed by atoms with E-state index in [2.05, 4.69) is 55.9 Å². The summed E-state index contributed by atoms with van der Waals surface area (Å²) in [6.07, 6.45) is 5.14. The first-order valence-corrected chi connectivity index (χ1v) is 7.43. The first-order valence-electron chi connectivity index (χ1n) is 6.64. The minimum atomic E-state index is 0.206. The third-order valence-electron chi connectivity index (χ3n) is 4.00. The Kier molecular flexibility index (Phi) is 3.46. The highest BCUT2D eigenvalue weighted by molar-refractivity contribution is 9.10. The van der Waals surface area contributed by atoms with Gasteiger partial charge in [0, 0.05) is 34.9 Å². The van der Waals surface area contributed by atoms with E-state index in [1.807, 2.05) is 18.6 Å². The molecule has 0 bridgehead atoms. The fourth-order valence-corrected chi connectivity index (χ4v) is 3.21. The Morgan fingerprint density at radius 2 is 2.26 bits per heavy atom. The molecular weight excluding hydrogens is 302 g/mol. The quantitative estimate of drug-likeness (QED) is 0.942. The zero-order valence-corrected chi connectivity index (χ0v) is 12.7. The van der Waals surface area contributed by atoms with Gasteiger partial charge in [0.1, 0.15) is 0 Å². The summed E-state index contributed by atoms with van der Waals surface area (Å²) >= 11 is 3.62. The molecule has 1 saturated heterocycles. The van der Waals surface area contributed by atoms with Gasteiger partial charge in [-0.25, -0.2) is 4.98 Å². The summed E-state index contributed by atoms with van der Waals surface area (Å²) in [4.78, 5) is 4.36. The van der Waals surface area contributed by atoms with Crippen molar-refractivity contribution in [3.8, 4) is 0 Å². The van der Waals surface area contributed by atoms with Crippen LogP contribution in [0.1, 0.15) is 24.6 Å². The number of rotatable bonds is 3. The lowest BCUT2D eigenvalue weighted by atomic mass is 9.86. The fraction of sp³-hybridized carbons (Fsp3) is 0.400. The largest absolute Gasteiger partial charge is 0.330 e. The maximum Gasteiger partial charge on any atom is 0.0951 e. The van der Waals surface area contributed by atoms with Crippen molar-refractivity contribution in [1.29, 1.82) is 0 Å². The summed E-state index contributed by atoms with van der Waals surface area (Å²) in [5, 5.41) is 3.45. The number of nitrogens with zero attached hydrogens (tertiary/aromatic N) is 2. The minimum absolute atomic E-state index is 0.206. The number of halogens is 1. The monoisotopic (exact) mass is 319 g/mol. The number of imidazole rings is 1. The van der Waals surface area contributed by atoms with Crippen LogP contribution in [0.4, 0.5) is 0 Å². The maximum absolute atomic E-state index is 4.36. The normalized spacial score (nSPS) is 22.8. The van der Waals surface area contributed by atoms with Gasteiger partial charge in [-0.05, 0) is 24.6 Å². The van der Waals surface area contributed by atoms with E-state index in [1.165, 1.54) is 17.7 Å². The van der Waals surface area contributed by atoms with Gasteiger partial charge in [-0.1, -0.05) is 41.1 Å². The van der Waals surface area contributed by atoms with Crippen LogP contribution in [0.25, 0.3) is 0 Å². The highest BCUT2D eigenvalue weighted by atomic mass is 79.9. The molecule has 3 nitrogen and oxygen atoms in total. The molecule has 1 aliphatic heterocycles. The summed E-state index contributed by atoms with van der Waals surface area (Å²) in [6, 6.07) is 8.37. The molecule has 1 aliphatic rings. The van der Waals surface area contributed by atoms with E-state index in [0.717, 1.165) is 24.1 Å². The van der Waals surface area contributed by atoms with Crippen LogP contribution in [0.3, 0.4) is 0 Å². The zero-order valence-electron chi connectivity index (χ0n) is 11.1. The molecule has 2 heterocycles. The Bertz CT molecular complexity index is 570. The summed E-state index contributed by atoms with van der Waals surface area (Å²) in [5.74, 6) is 0. The molecule has 0 radical (unpaired) electrons.